The van der Waals surface area contributed by atoms with Gasteiger partial charge in [-0.3, -0.25) is 0 Å². The number of hydrogen-bond acceptors (Lipinski definition) is 2. The highest BCUT2D eigenvalue weighted by Crippen LogP contribution is 2.38. The minimum Gasteiger partial charge on any atom is -0.347 e. The summed E-state index contributed by atoms with van der Waals surface area (Å²) in [4.78, 5) is 0. The number of hydrogen-bond donors (Lipinski definition) is 0. The summed E-state index contributed by atoms with van der Waals surface area (Å²) in [5.74, 6) is -0.312. The summed E-state index contributed by atoms with van der Waals surface area (Å²) in [5, 5.41) is 0. The molecule has 80 valence electrons. The van der Waals surface area contributed by atoms with E-state index in [4.69, 9.17) is 9.47 Å². The second kappa shape index (κ2) is 3.32. The molecule has 0 N–H and O–H groups in total. The fourth-order valence-electron chi connectivity index (χ4n) is 2.57. The molecular formula is C13H16O2. The zero-order chi connectivity index (χ0) is 10.3. The lowest BCUT2D eigenvalue weighted by molar-refractivity contribution is -0.236. The Balaban J connectivity index is 1.89. The first kappa shape index (κ1) is 9.37. The van der Waals surface area contributed by atoms with Gasteiger partial charge >= 0.3 is 0 Å². The van der Waals surface area contributed by atoms with Gasteiger partial charge in [0.1, 0.15) is 0 Å². The molecule has 1 saturated heterocycles. The highest BCUT2D eigenvalue weighted by molar-refractivity contribution is 5.29. The van der Waals surface area contributed by atoms with Gasteiger partial charge in [0.2, 0.25) is 0 Å². The van der Waals surface area contributed by atoms with Gasteiger partial charge in [-0.15, -0.1) is 0 Å². The SMILES string of the molecule is C[C@H]1CC[C@]2(Cc3ccccc3CO2)O1. The molecule has 0 saturated carbocycles. The van der Waals surface area contributed by atoms with Crippen molar-refractivity contribution in [1.29, 1.82) is 0 Å². The first-order chi connectivity index (χ1) is 7.27. The molecule has 2 heterocycles. The van der Waals surface area contributed by atoms with Gasteiger partial charge in [0.15, 0.2) is 5.79 Å². The van der Waals surface area contributed by atoms with Crippen LogP contribution in [0.25, 0.3) is 0 Å². The first-order valence-electron chi connectivity index (χ1n) is 5.66. The Morgan fingerprint density at radius 2 is 2.07 bits per heavy atom. The van der Waals surface area contributed by atoms with E-state index in [1.807, 2.05) is 0 Å². The summed E-state index contributed by atoms with van der Waals surface area (Å²) in [5.41, 5.74) is 2.70. The van der Waals surface area contributed by atoms with Gasteiger partial charge < -0.3 is 9.47 Å². The van der Waals surface area contributed by atoms with Crippen LogP contribution in [0, 0.1) is 0 Å². The van der Waals surface area contributed by atoms with Crippen LogP contribution in [0.3, 0.4) is 0 Å². The van der Waals surface area contributed by atoms with Crippen LogP contribution < -0.4 is 0 Å². The first-order valence-corrected chi connectivity index (χ1v) is 5.66. The molecule has 1 spiro atoms. The monoisotopic (exact) mass is 204 g/mol. The molecule has 1 fully saturated rings. The van der Waals surface area contributed by atoms with Gasteiger partial charge in [-0.2, -0.15) is 0 Å². The van der Waals surface area contributed by atoms with E-state index in [1.165, 1.54) is 11.1 Å². The van der Waals surface area contributed by atoms with E-state index in [0.717, 1.165) is 19.3 Å². The zero-order valence-electron chi connectivity index (χ0n) is 9.03. The number of fused-ring (bicyclic) bond motifs is 1. The van der Waals surface area contributed by atoms with Gasteiger partial charge in [0.05, 0.1) is 12.7 Å². The van der Waals surface area contributed by atoms with Crippen molar-refractivity contribution < 1.29 is 9.47 Å². The lowest BCUT2D eigenvalue weighted by Crippen LogP contribution is -2.38. The molecule has 0 unspecified atom stereocenters. The molecule has 0 amide bonds. The number of benzene rings is 1. The molecule has 3 rings (SSSR count). The normalized spacial score (nSPS) is 34.3. The minimum absolute atomic E-state index is 0.312. The van der Waals surface area contributed by atoms with E-state index in [2.05, 4.69) is 31.2 Å². The molecule has 1 aromatic rings. The van der Waals surface area contributed by atoms with Gasteiger partial charge in [-0.25, -0.2) is 0 Å². The van der Waals surface area contributed by atoms with Crippen LogP contribution in [0.5, 0.6) is 0 Å². The molecule has 2 heteroatoms. The van der Waals surface area contributed by atoms with Crippen molar-refractivity contribution >= 4 is 0 Å². The van der Waals surface area contributed by atoms with Gasteiger partial charge in [0, 0.05) is 12.8 Å². The third-order valence-electron chi connectivity index (χ3n) is 3.42. The van der Waals surface area contributed by atoms with Crippen LogP contribution in [-0.2, 0) is 22.5 Å². The molecule has 2 aliphatic heterocycles. The van der Waals surface area contributed by atoms with Crippen LogP contribution in [-0.4, -0.2) is 11.9 Å². The van der Waals surface area contributed by atoms with Crippen LogP contribution in [0.2, 0.25) is 0 Å². The van der Waals surface area contributed by atoms with Crippen molar-refractivity contribution in [3.63, 3.8) is 0 Å². The average molecular weight is 204 g/mol. The van der Waals surface area contributed by atoms with E-state index >= 15 is 0 Å². The lowest BCUT2D eigenvalue weighted by atomic mass is 9.95. The second-order valence-corrected chi connectivity index (χ2v) is 4.61. The van der Waals surface area contributed by atoms with Crippen LogP contribution in [0.4, 0.5) is 0 Å². The van der Waals surface area contributed by atoms with Crippen LogP contribution in [0.15, 0.2) is 24.3 Å². The van der Waals surface area contributed by atoms with Gasteiger partial charge in [0.25, 0.3) is 0 Å². The Kier molecular flexibility index (Phi) is 2.08. The quantitative estimate of drug-likeness (QED) is 0.646. The Bertz CT molecular complexity index is 375. The summed E-state index contributed by atoms with van der Waals surface area (Å²) < 4.78 is 11.8. The molecule has 0 aromatic heterocycles. The number of rotatable bonds is 0. The van der Waals surface area contributed by atoms with Crippen molar-refractivity contribution in [3.8, 4) is 0 Å². The van der Waals surface area contributed by atoms with E-state index in [9.17, 15) is 0 Å². The summed E-state index contributed by atoms with van der Waals surface area (Å²) in [6.45, 7) is 2.82. The van der Waals surface area contributed by atoms with Crippen molar-refractivity contribution in [2.24, 2.45) is 0 Å². The maximum Gasteiger partial charge on any atom is 0.173 e. The third kappa shape index (κ3) is 1.58. The molecule has 0 radical (unpaired) electrons. The summed E-state index contributed by atoms with van der Waals surface area (Å²) in [6, 6.07) is 8.49. The summed E-state index contributed by atoms with van der Waals surface area (Å²) in [6.07, 6.45) is 3.40. The summed E-state index contributed by atoms with van der Waals surface area (Å²) in [7, 11) is 0. The van der Waals surface area contributed by atoms with E-state index < -0.39 is 0 Å². The highest BCUT2D eigenvalue weighted by Gasteiger charge is 2.42. The van der Waals surface area contributed by atoms with Crippen LogP contribution in [0.1, 0.15) is 30.9 Å². The standard InChI is InChI=1S/C13H16O2/c1-10-6-7-13(15-10)8-11-4-2-3-5-12(11)9-14-13/h2-5,10H,6-9H2,1H3/t10-,13+/m0/s1. The zero-order valence-corrected chi connectivity index (χ0v) is 9.03. The molecule has 15 heavy (non-hydrogen) atoms. The maximum atomic E-state index is 5.92. The molecule has 2 atom stereocenters. The van der Waals surface area contributed by atoms with Crippen molar-refractivity contribution in [2.75, 3.05) is 0 Å². The van der Waals surface area contributed by atoms with Crippen molar-refractivity contribution in [1.82, 2.24) is 0 Å². The Morgan fingerprint density at radius 3 is 2.80 bits per heavy atom. The molecule has 2 aliphatic rings. The highest BCUT2D eigenvalue weighted by atomic mass is 16.7. The van der Waals surface area contributed by atoms with Crippen molar-refractivity contribution in [2.45, 2.75) is 44.7 Å². The van der Waals surface area contributed by atoms with E-state index in [-0.39, 0.29) is 5.79 Å². The minimum atomic E-state index is -0.312. The second-order valence-electron chi connectivity index (χ2n) is 4.61. The fraction of sp³-hybridized carbons (Fsp3) is 0.538. The Morgan fingerprint density at radius 1 is 1.27 bits per heavy atom. The lowest BCUT2D eigenvalue weighted by Gasteiger charge is -2.34. The molecule has 2 nitrogen and oxygen atoms in total. The Labute approximate surface area is 90.2 Å². The largest absolute Gasteiger partial charge is 0.347 e. The third-order valence-corrected chi connectivity index (χ3v) is 3.42. The topological polar surface area (TPSA) is 18.5 Å². The Hall–Kier alpha value is -0.860. The fourth-order valence-corrected chi connectivity index (χ4v) is 2.57. The smallest absolute Gasteiger partial charge is 0.173 e. The van der Waals surface area contributed by atoms with E-state index in [1.54, 1.807) is 0 Å². The van der Waals surface area contributed by atoms with Gasteiger partial charge in [-0.1, -0.05) is 24.3 Å². The molecular weight excluding hydrogens is 188 g/mol. The van der Waals surface area contributed by atoms with Crippen LogP contribution >= 0.6 is 0 Å². The maximum absolute atomic E-state index is 5.92. The van der Waals surface area contributed by atoms with E-state index in [0.29, 0.717) is 12.7 Å². The summed E-state index contributed by atoms with van der Waals surface area (Å²) >= 11 is 0. The number of ether oxygens (including phenoxy) is 2. The molecule has 0 aliphatic carbocycles. The predicted molar refractivity (Wildman–Crippen MR) is 57.4 cm³/mol. The van der Waals surface area contributed by atoms with Gasteiger partial charge in [-0.05, 0) is 24.5 Å². The predicted octanol–water partition coefficient (Wildman–Crippen LogP) is 2.65. The average Bonchev–Trinajstić information content (AvgIpc) is 2.60. The molecule has 0 bridgehead atoms. The van der Waals surface area contributed by atoms with Crippen molar-refractivity contribution in [3.05, 3.63) is 35.4 Å². The molecule has 1 aromatic carbocycles.